The minimum atomic E-state index is -2.92. The molecule has 0 aromatic heterocycles. The van der Waals surface area contributed by atoms with Crippen molar-refractivity contribution in [1.29, 1.82) is 5.26 Å². The normalized spacial score (nSPS) is 10.0. The second-order valence-corrected chi connectivity index (χ2v) is 2.98. The predicted octanol–water partition coefficient (Wildman–Crippen LogP) is 3.12. The summed E-state index contributed by atoms with van der Waals surface area (Å²) >= 11 is 5.71. The Hall–Kier alpha value is -1.34. The van der Waals surface area contributed by atoms with E-state index in [1.54, 1.807) is 6.92 Å². The maximum absolute atomic E-state index is 11.8. The summed E-state index contributed by atoms with van der Waals surface area (Å²) in [6.07, 6.45) is 0. The van der Waals surface area contributed by atoms with Crippen molar-refractivity contribution in [1.82, 2.24) is 0 Å². The van der Waals surface area contributed by atoms with Crippen molar-refractivity contribution in [2.75, 3.05) is 0 Å². The van der Waals surface area contributed by atoms with Gasteiger partial charge in [-0.05, 0) is 24.6 Å². The summed E-state index contributed by atoms with van der Waals surface area (Å²) in [5.74, 6) is -0.104. The molecule has 1 aromatic rings. The van der Waals surface area contributed by atoms with Crippen LogP contribution in [0.4, 0.5) is 8.78 Å². The highest BCUT2D eigenvalue weighted by Gasteiger charge is 2.09. The van der Waals surface area contributed by atoms with Crippen LogP contribution in [0.2, 0.25) is 5.02 Å². The van der Waals surface area contributed by atoms with Gasteiger partial charge in [0.15, 0.2) is 0 Å². The third-order valence-corrected chi connectivity index (χ3v) is 2.06. The first-order valence-corrected chi connectivity index (χ1v) is 4.07. The first-order valence-electron chi connectivity index (χ1n) is 3.69. The number of rotatable bonds is 2. The van der Waals surface area contributed by atoms with Gasteiger partial charge in [0.05, 0.1) is 11.6 Å². The second-order valence-electron chi connectivity index (χ2n) is 2.57. The summed E-state index contributed by atoms with van der Waals surface area (Å²) in [5.41, 5.74) is 0.781. The highest BCUT2D eigenvalue weighted by atomic mass is 35.5. The monoisotopic (exact) mass is 217 g/mol. The Morgan fingerprint density at radius 3 is 2.64 bits per heavy atom. The molecule has 0 saturated heterocycles. The summed E-state index contributed by atoms with van der Waals surface area (Å²) < 4.78 is 27.8. The van der Waals surface area contributed by atoms with E-state index in [1.807, 2.05) is 6.07 Å². The van der Waals surface area contributed by atoms with E-state index in [-0.39, 0.29) is 16.3 Å². The van der Waals surface area contributed by atoms with E-state index in [0.29, 0.717) is 5.56 Å². The lowest BCUT2D eigenvalue weighted by molar-refractivity contribution is -0.0498. The van der Waals surface area contributed by atoms with Crippen LogP contribution in [-0.4, -0.2) is 6.61 Å². The molecule has 2 nitrogen and oxygen atoms in total. The van der Waals surface area contributed by atoms with E-state index in [1.165, 1.54) is 12.1 Å². The van der Waals surface area contributed by atoms with E-state index in [9.17, 15) is 8.78 Å². The van der Waals surface area contributed by atoms with E-state index < -0.39 is 6.61 Å². The van der Waals surface area contributed by atoms with Gasteiger partial charge < -0.3 is 4.74 Å². The Kier molecular flexibility index (Phi) is 3.26. The van der Waals surface area contributed by atoms with Crippen LogP contribution in [0, 0.1) is 18.3 Å². The van der Waals surface area contributed by atoms with Gasteiger partial charge >= 0.3 is 6.61 Å². The van der Waals surface area contributed by atoms with Crippen LogP contribution in [-0.2, 0) is 0 Å². The first-order chi connectivity index (χ1) is 6.54. The van der Waals surface area contributed by atoms with E-state index in [2.05, 4.69) is 4.74 Å². The zero-order valence-corrected chi connectivity index (χ0v) is 7.98. The summed E-state index contributed by atoms with van der Waals surface area (Å²) in [6, 6.07) is 4.32. The van der Waals surface area contributed by atoms with Crippen molar-refractivity contribution < 1.29 is 13.5 Å². The summed E-state index contributed by atoms with van der Waals surface area (Å²) in [5, 5.41) is 8.89. The number of hydrogen-bond acceptors (Lipinski definition) is 2. The van der Waals surface area contributed by atoms with Crippen LogP contribution in [0.25, 0.3) is 0 Å². The van der Waals surface area contributed by atoms with Gasteiger partial charge in [-0.15, -0.1) is 0 Å². The number of hydrogen-bond donors (Lipinski definition) is 0. The van der Waals surface area contributed by atoms with Gasteiger partial charge in [-0.3, -0.25) is 0 Å². The average Bonchev–Trinajstić information content (AvgIpc) is 2.10. The molecule has 1 rings (SSSR count). The summed E-state index contributed by atoms with van der Waals surface area (Å²) in [7, 11) is 0. The van der Waals surface area contributed by atoms with E-state index in [0.717, 1.165) is 0 Å². The van der Waals surface area contributed by atoms with Crippen molar-refractivity contribution >= 4 is 11.6 Å². The number of nitrogens with zero attached hydrogens (tertiary/aromatic N) is 1. The second kappa shape index (κ2) is 4.25. The molecular formula is C9H6ClF2NO. The quantitative estimate of drug-likeness (QED) is 0.763. The van der Waals surface area contributed by atoms with E-state index >= 15 is 0 Å². The molecule has 74 valence electrons. The van der Waals surface area contributed by atoms with Gasteiger partial charge in [0, 0.05) is 5.02 Å². The smallest absolute Gasteiger partial charge is 0.387 e. The van der Waals surface area contributed by atoms with Gasteiger partial charge in [0.25, 0.3) is 0 Å². The van der Waals surface area contributed by atoms with Crippen LogP contribution >= 0.6 is 11.6 Å². The molecule has 0 saturated carbocycles. The Morgan fingerprint density at radius 1 is 1.50 bits per heavy atom. The van der Waals surface area contributed by atoms with Crippen LogP contribution in [0.3, 0.4) is 0 Å². The molecule has 0 heterocycles. The zero-order valence-electron chi connectivity index (χ0n) is 7.22. The maximum atomic E-state index is 11.8. The SMILES string of the molecule is Cc1c(Cl)cc(OC(F)F)cc1C#N. The van der Waals surface area contributed by atoms with Crippen molar-refractivity contribution in [3.8, 4) is 11.8 Å². The van der Waals surface area contributed by atoms with Gasteiger partial charge in [0.2, 0.25) is 0 Å². The number of benzene rings is 1. The molecule has 0 amide bonds. The fraction of sp³-hybridized carbons (Fsp3) is 0.222. The molecular weight excluding hydrogens is 212 g/mol. The lowest BCUT2D eigenvalue weighted by atomic mass is 10.1. The van der Waals surface area contributed by atoms with Crippen LogP contribution < -0.4 is 4.74 Å². The topological polar surface area (TPSA) is 33.0 Å². The van der Waals surface area contributed by atoms with E-state index in [4.69, 9.17) is 16.9 Å². The number of ether oxygens (including phenoxy) is 1. The van der Waals surface area contributed by atoms with Crippen LogP contribution in [0.5, 0.6) is 5.75 Å². The molecule has 14 heavy (non-hydrogen) atoms. The van der Waals surface area contributed by atoms with Gasteiger partial charge in [0.1, 0.15) is 5.75 Å². The summed E-state index contributed by atoms with van der Waals surface area (Å²) in [6.45, 7) is -1.28. The molecule has 1 aromatic carbocycles. The highest BCUT2D eigenvalue weighted by Crippen LogP contribution is 2.26. The molecule has 0 radical (unpaired) electrons. The maximum Gasteiger partial charge on any atom is 0.387 e. The Morgan fingerprint density at radius 2 is 2.14 bits per heavy atom. The standard InChI is InChI=1S/C9H6ClF2NO/c1-5-6(4-13)2-7(3-8(5)10)14-9(11)12/h2-3,9H,1H3. The molecule has 0 unspecified atom stereocenters. The first kappa shape index (κ1) is 10.7. The van der Waals surface area contributed by atoms with Crippen LogP contribution in [0.1, 0.15) is 11.1 Å². The van der Waals surface area contributed by atoms with Gasteiger partial charge in [-0.1, -0.05) is 11.6 Å². The largest absolute Gasteiger partial charge is 0.435 e. The van der Waals surface area contributed by atoms with Crippen molar-refractivity contribution in [3.63, 3.8) is 0 Å². The number of alkyl halides is 2. The molecule has 0 aliphatic heterocycles. The molecule has 0 aliphatic rings. The molecule has 0 aliphatic carbocycles. The predicted molar refractivity (Wildman–Crippen MR) is 47.5 cm³/mol. The average molecular weight is 218 g/mol. The number of nitriles is 1. The third-order valence-electron chi connectivity index (χ3n) is 1.66. The minimum absolute atomic E-state index is 0.104. The third kappa shape index (κ3) is 2.33. The lowest BCUT2D eigenvalue weighted by Gasteiger charge is -2.07. The molecule has 0 spiro atoms. The Bertz CT molecular complexity index is 387. The molecule has 0 N–H and O–H groups in total. The number of halogens is 3. The molecule has 0 bridgehead atoms. The lowest BCUT2D eigenvalue weighted by Crippen LogP contribution is -2.02. The molecule has 5 heteroatoms. The van der Waals surface area contributed by atoms with Crippen molar-refractivity contribution in [2.24, 2.45) is 0 Å². The minimum Gasteiger partial charge on any atom is -0.435 e. The summed E-state index contributed by atoms with van der Waals surface area (Å²) in [4.78, 5) is 0. The van der Waals surface area contributed by atoms with Crippen LogP contribution in [0.15, 0.2) is 12.1 Å². The van der Waals surface area contributed by atoms with Crippen molar-refractivity contribution in [3.05, 3.63) is 28.3 Å². The zero-order chi connectivity index (χ0) is 10.7. The molecule has 0 atom stereocenters. The Labute approximate surface area is 84.7 Å². The van der Waals surface area contributed by atoms with Crippen molar-refractivity contribution in [2.45, 2.75) is 13.5 Å². The van der Waals surface area contributed by atoms with Gasteiger partial charge in [-0.25, -0.2) is 0 Å². The fourth-order valence-electron chi connectivity index (χ4n) is 0.941. The fourth-order valence-corrected chi connectivity index (χ4v) is 1.15. The van der Waals surface area contributed by atoms with Gasteiger partial charge in [-0.2, -0.15) is 14.0 Å². The highest BCUT2D eigenvalue weighted by molar-refractivity contribution is 6.31. The molecule has 0 fully saturated rings. The Balaban J connectivity index is 3.11.